The minimum Gasteiger partial charge on any atom is -0.478 e. The van der Waals surface area contributed by atoms with E-state index in [9.17, 15) is 19.5 Å². The molecule has 0 saturated carbocycles. The van der Waals surface area contributed by atoms with Gasteiger partial charge in [-0.2, -0.15) is 0 Å². The van der Waals surface area contributed by atoms with Crippen molar-refractivity contribution in [2.24, 2.45) is 0 Å². The molecule has 1 N–H and O–H groups in total. The van der Waals surface area contributed by atoms with Crippen LogP contribution in [-0.4, -0.2) is 27.1 Å². The first kappa shape index (κ1) is 21.2. The van der Waals surface area contributed by atoms with E-state index in [4.69, 9.17) is 27.6 Å². The number of thioether (sulfide) groups is 1. The van der Waals surface area contributed by atoms with Crippen molar-refractivity contribution < 1.29 is 23.9 Å². The molecule has 6 nitrogen and oxygen atoms in total. The van der Waals surface area contributed by atoms with E-state index in [0.29, 0.717) is 32.7 Å². The van der Waals surface area contributed by atoms with E-state index >= 15 is 0 Å². The van der Waals surface area contributed by atoms with E-state index in [1.807, 2.05) is 0 Å². The van der Waals surface area contributed by atoms with Crippen LogP contribution in [0.4, 0.5) is 4.79 Å². The zero-order valence-corrected chi connectivity index (χ0v) is 18.0. The van der Waals surface area contributed by atoms with Gasteiger partial charge in [-0.3, -0.25) is 14.5 Å². The van der Waals surface area contributed by atoms with Crippen LogP contribution in [0.1, 0.15) is 21.7 Å². The molecule has 0 aliphatic carbocycles. The first-order valence-electron chi connectivity index (χ1n) is 8.96. The summed E-state index contributed by atoms with van der Waals surface area (Å²) in [5.74, 6) is -0.912. The van der Waals surface area contributed by atoms with E-state index < -0.39 is 17.1 Å². The van der Waals surface area contributed by atoms with E-state index in [2.05, 4.69) is 0 Å². The summed E-state index contributed by atoms with van der Waals surface area (Å²) in [6.45, 7) is -0.0457. The Morgan fingerprint density at radius 3 is 2.45 bits per heavy atom. The third-order valence-corrected chi connectivity index (χ3v) is 6.19. The number of hydrogen-bond acceptors (Lipinski definition) is 5. The molecule has 3 aromatic rings. The van der Waals surface area contributed by atoms with E-state index in [-0.39, 0.29) is 17.0 Å². The van der Waals surface area contributed by atoms with Crippen LogP contribution in [-0.2, 0) is 11.3 Å². The molecule has 0 spiro atoms. The summed E-state index contributed by atoms with van der Waals surface area (Å²) in [6, 6.07) is 14.6. The van der Waals surface area contributed by atoms with Crippen LogP contribution in [0.25, 0.3) is 17.4 Å². The number of hydrogen-bond donors (Lipinski definition) is 1. The van der Waals surface area contributed by atoms with Gasteiger partial charge in [0.1, 0.15) is 11.5 Å². The standard InChI is InChI=1S/C22H13Cl2NO5S/c23-16-6-3-7-17(24)15(16)11-25-20(26)19(31-22(25)29)10-12-8-9-18(30-12)13-4-1-2-5-14(13)21(27)28/h1-10H,11H2,(H,27,28)/b19-10-. The van der Waals surface area contributed by atoms with Crippen molar-refractivity contribution in [3.8, 4) is 11.3 Å². The Bertz CT molecular complexity index is 1230. The van der Waals surface area contributed by atoms with Crippen LogP contribution < -0.4 is 0 Å². The molecule has 31 heavy (non-hydrogen) atoms. The number of furan rings is 1. The summed E-state index contributed by atoms with van der Waals surface area (Å²) in [5, 5.41) is 9.63. The highest BCUT2D eigenvalue weighted by Crippen LogP contribution is 2.36. The second-order valence-corrected chi connectivity index (χ2v) is 8.33. The maximum absolute atomic E-state index is 12.8. The summed E-state index contributed by atoms with van der Waals surface area (Å²) in [4.78, 5) is 37.9. The smallest absolute Gasteiger partial charge is 0.336 e. The minimum absolute atomic E-state index is 0.0457. The Kier molecular flexibility index (Phi) is 5.91. The monoisotopic (exact) mass is 473 g/mol. The molecule has 1 fully saturated rings. The summed E-state index contributed by atoms with van der Waals surface area (Å²) in [7, 11) is 0. The molecular formula is C22H13Cl2NO5S. The van der Waals surface area contributed by atoms with Crippen LogP contribution in [0.15, 0.2) is 63.9 Å². The highest BCUT2D eigenvalue weighted by Gasteiger charge is 2.36. The van der Waals surface area contributed by atoms with Crippen molar-refractivity contribution >= 4 is 58.2 Å². The number of benzene rings is 2. The van der Waals surface area contributed by atoms with Crippen molar-refractivity contribution in [1.29, 1.82) is 0 Å². The van der Waals surface area contributed by atoms with Gasteiger partial charge >= 0.3 is 5.97 Å². The number of carboxylic acids is 1. The zero-order chi connectivity index (χ0) is 22.1. The number of carbonyl (C=O) groups is 3. The molecule has 2 heterocycles. The highest BCUT2D eigenvalue weighted by atomic mass is 35.5. The SMILES string of the molecule is O=C(O)c1ccccc1-c1ccc(/C=C2\SC(=O)N(Cc3c(Cl)cccc3Cl)C2=O)o1. The van der Waals surface area contributed by atoms with Gasteiger partial charge in [0.25, 0.3) is 11.1 Å². The number of carboxylic acid groups (broad SMARTS) is 1. The summed E-state index contributed by atoms with van der Waals surface area (Å²) < 4.78 is 5.72. The third-order valence-electron chi connectivity index (χ3n) is 4.57. The van der Waals surface area contributed by atoms with Crippen molar-refractivity contribution in [3.63, 3.8) is 0 Å². The molecule has 9 heteroatoms. The number of rotatable bonds is 5. The molecule has 0 radical (unpaired) electrons. The molecule has 156 valence electrons. The fourth-order valence-electron chi connectivity index (χ4n) is 3.07. The Balaban J connectivity index is 1.59. The number of halogens is 2. The van der Waals surface area contributed by atoms with Crippen LogP contribution >= 0.6 is 35.0 Å². The van der Waals surface area contributed by atoms with Gasteiger partial charge in [-0.1, -0.05) is 47.5 Å². The van der Waals surface area contributed by atoms with Gasteiger partial charge in [-0.05, 0) is 42.1 Å². The Morgan fingerprint density at radius 2 is 1.74 bits per heavy atom. The first-order chi connectivity index (χ1) is 14.8. The van der Waals surface area contributed by atoms with Crippen molar-refractivity contribution in [2.45, 2.75) is 6.54 Å². The molecule has 1 aliphatic heterocycles. The molecular weight excluding hydrogens is 461 g/mol. The number of amides is 2. The van der Waals surface area contributed by atoms with Crippen molar-refractivity contribution in [3.05, 3.63) is 86.4 Å². The largest absolute Gasteiger partial charge is 0.478 e. The van der Waals surface area contributed by atoms with Crippen LogP contribution in [0.3, 0.4) is 0 Å². The van der Waals surface area contributed by atoms with Crippen molar-refractivity contribution in [1.82, 2.24) is 4.90 Å². The normalized spacial score (nSPS) is 15.2. The molecule has 1 saturated heterocycles. The number of nitrogens with zero attached hydrogens (tertiary/aromatic N) is 1. The summed E-state index contributed by atoms with van der Waals surface area (Å²) >= 11 is 13.1. The third kappa shape index (κ3) is 4.25. The molecule has 0 unspecified atom stereocenters. The van der Waals surface area contributed by atoms with Crippen LogP contribution in [0.5, 0.6) is 0 Å². The molecule has 2 amide bonds. The summed E-state index contributed by atoms with van der Waals surface area (Å²) in [6.07, 6.45) is 1.45. The Morgan fingerprint density at radius 1 is 1.03 bits per heavy atom. The van der Waals surface area contributed by atoms with Gasteiger partial charge in [0, 0.05) is 27.2 Å². The lowest BCUT2D eigenvalue weighted by molar-refractivity contribution is -0.123. The van der Waals surface area contributed by atoms with Gasteiger partial charge in [0.05, 0.1) is 17.0 Å². The Hall–Kier alpha value is -3.00. The van der Waals surface area contributed by atoms with Crippen LogP contribution in [0, 0.1) is 0 Å². The second kappa shape index (κ2) is 8.63. The average Bonchev–Trinajstić information content (AvgIpc) is 3.30. The molecule has 2 aromatic carbocycles. The van der Waals surface area contributed by atoms with E-state index in [0.717, 1.165) is 16.7 Å². The fourth-order valence-corrected chi connectivity index (χ4v) is 4.40. The topological polar surface area (TPSA) is 87.8 Å². The van der Waals surface area contributed by atoms with E-state index in [1.54, 1.807) is 48.5 Å². The number of carbonyl (C=O) groups excluding carboxylic acids is 2. The van der Waals surface area contributed by atoms with Crippen molar-refractivity contribution in [2.75, 3.05) is 0 Å². The minimum atomic E-state index is -1.08. The van der Waals surface area contributed by atoms with Gasteiger partial charge < -0.3 is 9.52 Å². The first-order valence-corrected chi connectivity index (χ1v) is 10.5. The number of imide groups is 1. The second-order valence-electron chi connectivity index (χ2n) is 6.52. The average molecular weight is 474 g/mol. The fraction of sp³-hybridized carbons (Fsp3) is 0.0455. The lowest BCUT2D eigenvalue weighted by Gasteiger charge is -2.14. The van der Waals surface area contributed by atoms with Gasteiger partial charge in [-0.15, -0.1) is 0 Å². The highest BCUT2D eigenvalue weighted by molar-refractivity contribution is 8.18. The summed E-state index contributed by atoms with van der Waals surface area (Å²) in [5.41, 5.74) is 0.997. The molecule has 0 bridgehead atoms. The lowest BCUT2D eigenvalue weighted by atomic mass is 10.1. The maximum Gasteiger partial charge on any atom is 0.336 e. The van der Waals surface area contributed by atoms with Crippen LogP contribution in [0.2, 0.25) is 10.0 Å². The predicted octanol–water partition coefficient (Wildman–Crippen LogP) is 6.19. The molecule has 1 aliphatic rings. The maximum atomic E-state index is 12.8. The Labute approximate surface area is 191 Å². The lowest BCUT2D eigenvalue weighted by Crippen LogP contribution is -2.27. The quantitative estimate of drug-likeness (QED) is 0.444. The zero-order valence-electron chi connectivity index (χ0n) is 15.7. The van der Waals surface area contributed by atoms with E-state index in [1.165, 1.54) is 12.1 Å². The van der Waals surface area contributed by atoms with Gasteiger partial charge in [0.2, 0.25) is 0 Å². The van der Waals surface area contributed by atoms with Gasteiger partial charge in [0.15, 0.2) is 0 Å². The molecule has 0 atom stereocenters. The van der Waals surface area contributed by atoms with Gasteiger partial charge in [-0.25, -0.2) is 4.79 Å². The predicted molar refractivity (Wildman–Crippen MR) is 119 cm³/mol. The number of aromatic carboxylic acids is 1. The molecule has 1 aromatic heterocycles. The molecule has 4 rings (SSSR count).